The lowest BCUT2D eigenvalue weighted by molar-refractivity contribution is -0.123. The van der Waals surface area contributed by atoms with E-state index in [0.717, 1.165) is 41.2 Å². The van der Waals surface area contributed by atoms with Crippen molar-refractivity contribution in [3.8, 4) is 5.75 Å². The average molecular weight is 667 g/mol. The van der Waals surface area contributed by atoms with Gasteiger partial charge in [-0.15, -0.1) is 0 Å². The number of benzene rings is 3. The van der Waals surface area contributed by atoms with Crippen molar-refractivity contribution in [2.45, 2.75) is 20.1 Å². The number of carbonyl (C=O) groups excluding carboxylic acids is 2. The molecular weight excluding hydrogens is 648 g/mol. The standard InChI is InChI=1S/C25H19I2NO3S/c1-16-6-5-9-18(10-16)14-28-24(29)22(32-25(28)30)12-19-11-20(26)13-21(27)23(19)31-15-17-7-3-2-4-8-17/h2-13H,14-15H2,1H3/b22-12+. The quantitative estimate of drug-likeness (QED) is 0.210. The van der Waals surface area contributed by atoms with E-state index < -0.39 is 0 Å². The minimum atomic E-state index is -0.274. The number of thioether (sulfide) groups is 1. The molecule has 3 aromatic rings. The van der Waals surface area contributed by atoms with Crippen LogP contribution in [0.1, 0.15) is 22.3 Å². The second kappa shape index (κ2) is 10.4. The van der Waals surface area contributed by atoms with Crippen molar-refractivity contribution in [3.05, 3.63) is 101 Å². The Balaban J connectivity index is 1.60. The largest absolute Gasteiger partial charge is 0.487 e. The molecule has 0 saturated carbocycles. The topological polar surface area (TPSA) is 46.6 Å². The number of ether oxygens (including phenoxy) is 1. The van der Waals surface area contributed by atoms with Crippen LogP contribution in [0.4, 0.5) is 4.79 Å². The summed E-state index contributed by atoms with van der Waals surface area (Å²) in [5.74, 6) is 0.435. The summed E-state index contributed by atoms with van der Waals surface area (Å²) < 4.78 is 8.13. The first-order valence-corrected chi connectivity index (χ1v) is 12.8. The maximum Gasteiger partial charge on any atom is 0.293 e. The van der Waals surface area contributed by atoms with Gasteiger partial charge in [-0.2, -0.15) is 0 Å². The predicted octanol–water partition coefficient (Wildman–Crippen LogP) is 7.02. The van der Waals surface area contributed by atoms with Crippen molar-refractivity contribution in [1.82, 2.24) is 4.90 Å². The molecule has 3 aromatic carbocycles. The van der Waals surface area contributed by atoms with E-state index in [1.54, 1.807) is 6.08 Å². The minimum absolute atomic E-state index is 0.255. The van der Waals surface area contributed by atoms with Crippen LogP contribution in [0.5, 0.6) is 5.75 Å². The third kappa shape index (κ3) is 5.55. The maximum absolute atomic E-state index is 13.0. The molecule has 32 heavy (non-hydrogen) atoms. The Kier molecular flexibility index (Phi) is 7.57. The Morgan fingerprint density at radius 3 is 2.47 bits per heavy atom. The Bertz CT molecular complexity index is 1210. The van der Waals surface area contributed by atoms with Crippen molar-refractivity contribution < 1.29 is 14.3 Å². The number of rotatable bonds is 6. The lowest BCUT2D eigenvalue weighted by Crippen LogP contribution is -2.27. The molecule has 0 spiro atoms. The molecule has 1 fully saturated rings. The van der Waals surface area contributed by atoms with E-state index in [1.807, 2.05) is 73.7 Å². The first kappa shape index (κ1) is 23.3. The van der Waals surface area contributed by atoms with Gasteiger partial charge in [-0.1, -0.05) is 60.2 Å². The van der Waals surface area contributed by atoms with E-state index in [4.69, 9.17) is 4.74 Å². The van der Waals surface area contributed by atoms with Gasteiger partial charge in [0, 0.05) is 9.13 Å². The zero-order valence-electron chi connectivity index (χ0n) is 17.2. The molecule has 1 aliphatic rings. The first-order valence-electron chi connectivity index (χ1n) is 9.87. The lowest BCUT2D eigenvalue weighted by Gasteiger charge is -2.14. The molecular formula is C25H19I2NO3S. The van der Waals surface area contributed by atoms with Gasteiger partial charge < -0.3 is 4.74 Å². The monoisotopic (exact) mass is 667 g/mol. The highest BCUT2D eigenvalue weighted by Gasteiger charge is 2.35. The smallest absolute Gasteiger partial charge is 0.293 e. The number of hydrogen-bond acceptors (Lipinski definition) is 4. The zero-order chi connectivity index (χ0) is 22.7. The van der Waals surface area contributed by atoms with Gasteiger partial charge in [0.15, 0.2) is 0 Å². The molecule has 0 unspecified atom stereocenters. The summed E-state index contributed by atoms with van der Waals surface area (Å²) in [4.78, 5) is 27.3. The second-order valence-corrected chi connectivity index (χ2v) is 10.7. The van der Waals surface area contributed by atoms with Gasteiger partial charge in [0.2, 0.25) is 0 Å². The molecule has 0 aromatic heterocycles. The number of hydrogen-bond donors (Lipinski definition) is 0. The number of carbonyl (C=O) groups is 2. The minimum Gasteiger partial charge on any atom is -0.487 e. The summed E-state index contributed by atoms with van der Waals surface area (Å²) in [6, 6.07) is 21.8. The van der Waals surface area contributed by atoms with Crippen molar-refractivity contribution in [2.24, 2.45) is 0 Å². The molecule has 1 aliphatic heterocycles. The number of halogens is 2. The molecule has 0 aliphatic carbocycles. The fourth-order valence-corrected chi connectivity index (χ4v) is 6.21. The van der Waals surface area contributed by atoms with Gasteiger partial charge in [0.1, 0.15) is 12.4 Å². The van der Waals surface area contributed by atoms with Crippen LogP contribution >= 0.6 is 56.9 Å². The van der Waals surface area contributed by atoms with Crippen LogP contribution in [-0.2, 0) is 17.9 Å². The van der Waals surface area contributed by atoms with Crippen LogP contribution in [0.15, 0.2) is 71.6 Å². The highest BCUT2D eigenvalue weighted by atomic mass is 127. The van der Waals surface area contributed by atoms with Gasteiger partial charge in [0.05, 0.1) is 15.0 Å². The summed E-state index contributed by atoms with van der Waals surface area (Å²) in [6.45, 7) is 2.69. The normalized spacial score (nSPS) is 15.0. The van der Waals surface area contributed by atoms with Crippen molar-refractivity contribution in [3.63, 3.8) is 0 Å². The van der Waals surface area contributed by atoms with E-state index in [-0.39, 0.29) is 17.7 Å². The number of amides is 2. The van der Waals surface area contributed by atoms with Gasteiger partial charge in [-0.05, 0) is 93.2 Å². The summed E-state index contributed by atoms with van der Waals surface area (Å²) in [5.41, 5.74) is 3.88. The highest BCUT2D eigenvalue weighted by Crippen LogP contribution is 2.37. The van der Waals surface area contributed by atoms with Crippen LogP contribution in [-0.4, -0.2) is 16.0 Å². The van der Waals surface area contributed by atoms with Crippen molar-refractivity contribution in [1.29, 1.82) is 0 Å². The molecule has 2 amide bonds. The second-order valence-electron chi connectivity index (χ2n) is 7.34. The van der Waals surface area contributed by atoms with E-state index in [9.17, 15) is 9.59 Å². The first-order chi connectivity index (χ1) is 15.4. The van der Waals surface area contributed by atoms with Crippen LogP contribution in [0.25, 0.3) is 6.08 Å². The summed E-state index contributed by atoms with van der Waals surface area (Å²) in [5, 5.41) is -0.255. The van der Waals surface area contributed by atoms with Gasteiger partial charge in [0.25, 0.3) is 11.1 Å². The van der Waals surface area contributed by atoms with E-state index in [0.29, 0.717) is 17.3 Å². The fraction of sp³-hybridized carbons (Fsp3) is 0.120. The Morgan fingerprint density at radius 1 is 0.969 bits per heavy atom. The Labute approximate surface area is 218 Å². The molecule has 1 saturated heterocycles. The molecule has 162 valence electrons. The molecule has 0 radical (unpaired) electrons. The number of nitrogens with zero attached hydrogens (tertiary/aromatic N) is 1. The Morgan fingerprint density at radius 2 is 1.72 bits per heavy atom. The maximum atomic E-state index is 13.0. The van der Waals surface area contributed by atoms with Gasteiger partial charge >= 0.3 is 0 Å². The average Bonchev–Trinajstić information content (AvgIpc) is 3.01. The molecule has 0 bridgehead atoms. The lowest BCUT2D eigenvalue weighted by atomic mass is 10.1. The Hall–Kier alpha value is -1.85. The summed E-state index contributed by atoms with van der Waals surface area (Å²) >= 11 is 5.46. The molecule has 1 heterocycles. The predicted molar refractivity (Wildman–Crippen MR) is 145 cm³/mol. The molecule has 4 nitrogen and oxygen atoms in total. The SMILES string of the molecule is Cc1cccc(CN2C(=O)S/C(=C/c3cc(I)cc(I)c3OCc3ccccc3)C2=O)c1. The molecule has 0 atom stereocenters. The van der Waals surface area contributed by atoms with Crippen molar-refractivity contribution in [2.75, 3.05) is 0 Å². The van der Waals surface area contributed by atoms with E-state index in [2.05, 4.69) is 45.2 Å². The third-order valence-electron chi connectivity index (χ3n) is 4.85. The summed E-state index contributed by atoms with van der Waals surface area (Å²) in [7, 11) is 0. The highest BCUT2D eigenvalue weighted by molar-refractivity contribution is 14.1. The van der Waals surface area contributed by atoms with Crippen molar-refractivity contribution >= 4 is 74.2 Å². The number of imide groups is 1. The number of aryl methyl sites for hydroxylation is 1. The fourth-order valence-electron chi connectivity index (χ4n) is 3.34. The molecule has 4 rings (SSSR count). The van der Waals surface area contributed by atoms with Crippen LogP contribution in [0, 0.1) is 14.1 Å². The summed E-state index contributed by atoms with van der Waals surface area (Å²) in [6.07, 6.45) is 1.77. The zero-order valence-corrected chi connectivity index (χ0v) is 22.3. The van der Waals surface area contributed by atoms with E-state index >= 15 is 0 Å². The van der Waals surface area contributed by atoms with Gasteiger partial charge in [-0.25, -0.2) is 0 Å². The van der Waals surface area contributed by atoms with Gasteiger partial charge in [-0.3, -0.25) is 14.5 Å². The molecule has 7 heteroatoms. The molecule has 0 N–H and O–H groups in total. The van der Waals surface area contributed by atoms with Crippen LogP contribution in [0.3, 0.4) is 0 Å². The van der Waals surface area contributed by atoms with E-state index in [1.165, 1.54) is 4.90 Å². The van der Waals surface area contributed by atoms with Crippen LogP contribution in [0.2, 0.25) is 0 Å². The third-order valence-corrected chi connectivity index (χ3v) is 7.18. The van der Waals surface area contributed by atoms with Crippen LogP contribution < -0.4 is 4.74 Å².